The number of hydrogen-bond donors (Lipinski definition) is 2. The lowest BCUT2D eigenvalue weighted by atomic mass is 10.2. The van der Waals surface area contributed by atoms with Crippen LogP contribution in [0.5, 0.6) is 0 Å². The van der Waals surface area contributed by atoms with E-state index in [9.17, 15) is 14.4 Å². The SMILES string of the molecule is CN1CC(=O)N(CC(=O)NCCCCCO)C1=O. The standard InChI is InChI=1S/C11H19N3O4/c1-13-8-10(17)14(11(13)18)7-9(16)12-5-3-2-4-6-15/h15H,2-8H2,1H3,(H,12,16). The maximum atomic E-state index is 11.5. The first kappa shape index (κ1) is 14.4. The summed E-state index contributed by atoms with van der Waals surface area (Å²) in [4.78, 5) is 36.6. The van der Waals surface area contributed by atoms with Crippen LogP contribution in [0.15, 0.2) is 0 Å². The summed E-state index contributed by atoms with van der Waals surface area (Å²) in [6, 6.07) is -0.435. The summed E-state index contributed by atoms with van der Waals surface area (Å²) >= 11 is 0. The number of nitrogens with one attached hydrogen (secondary N) is 1. The van der Waals surface area contributed by atoms with Crippen molar-refractivity contribution in [1.82, 2.24) is 15.1 Å². The van der Waals surface area contributed by atoms with Gasteiger partial charge >= 0.3 is 6.03 Å². The molecule has 0 aromatic carbocycles. The van der Waals surface area contributed by atoms with Crippen molar-refractivity contribution in [2.24, 2.45) is 0 Å². The molecule has 18 heavy (non-hydrogen) atoms. The van der Waals surface area contributed by atoms with Gasteiger partial charge in [0.2, 0.25) is 5.91 Å². The van der Waals surface area contributed by atoms with Gasteiger partial charge in [0.15, 0.2) is 0 Å². The lowest BCUT2D eigenvalue weighted by Gasteiger charge is -2.13. The number of unbranched alkanes of at least 4 members (excludes halogenated alkanes) is 2. The van der Waals surface area contributed by atoms with E-state index in [0.717, 1.165) is 17.7 Å². The van der Waals surface area contributed by atoms with Crippen LogP contribution < -0.4 is 5.32 Å². The molecule has 1 heterocycles. The molecule has 0 saturated carbocycles. The molecule has 0 radical (unpaired) electrons. The summed E-state index contributed by atoms with van der Waals surface area (Å²) in [5.74, 6) is -0.686. The average Bonchev–Trinajstić information content (AvgIpc) is 2.56. The highest BCUT2D eigenvalue weighted by Crippen LogP contribution is 2.06. The Kier molecular flexibility index (Phi) is 5.57. The van der Waals surface area contributed by atoms with E-state index in [4.69, 9.17) is 5.11 Å². The van der Waals surface area contributed by atoms with Crippen molar-refractivity contribution in [2.45, 2.75) is 19.3 Å². The maximum absolute atomic E-state index is 11.5. The third-order valence-electron chi connectivity index (χ3n) is 2.69. The highest BCUT2D eigenvalue weighted by atomic mass is 16.3. The van der Waals surface area contributed by atoms with Crippen LogP contribution in [-0.4, -0.2) is 66.0 Å². The normalized spacial score (nSPS) is 15.4. The minimum atomic E-state index is -0.435. The molecule has 7 nitrogen and oxygen atoms in total. The van der Waals surface area contributed by atoms with E-state index >= 15 is 0 Å². The van der Waals surface area contributed by atoms with Crippen LogP contribution in [0.25, 0.3) is 0 Å². The molecule has 4 amide bonds. The fourth-order valence-electron chi connectivity index (χ4n) is 1.67. The average molecular weight is 257 g/mol. The van der Waals surface area contributed by atoms with Gasteiger partial charge in [0.05, 0.1) is 0 Å². The van der Waals surface area contributed by atoms with Gasteiger partial charge in [-0.15, -0.1) is 0 Å². The number of likely N-dealkylation sites (N-methyl/N-ethyl adjacent to an activating group) is 1. The highest BCUT2D eigenvalue weighted by Gasteiger charge is 2.34. The van der Waals surface area contributed by atoms with Crippen molar-refractivity contribution in [3.8, 4) is 0 Å². The number of carbonyl (C=O) groups is 3. The predicted octanol–water partition coefficient (Wildman–Crippen LogP) is -0.841. The summed E-state index contributed by atoms with van der Waals surface area (Å²) in [7, 11) is 1.52. The summed E-state index contributed by atoms with van der Waals surface area (Å²) in [5.41, 5.74) is 0. The molecule has 0 spiro atoms. The number of imide groups is 1. The monoisotopic (exact) mass is 257 g/mol. The van der Waals surface area contributed by atoms with E-state index in [1.165, 1.54) is 11.9 Å². The summed E-state index contributed by atoms with van der Waals surface area (Å²) in [5, 5.41) is 11.2. The molecule has 1 saturated heterocycles. The van der Waals surface area contributed by atoms with Crippen molar-refractivity contribution >= 4 is 17.8 Å². The Balaban J connectivity index is 2.24. The van der Waals surface area contributed by atoms with E-state index in [-0.39, 0.29) is 31.5 Å². The zero-order valence-electron chi connectivity index (χ0n) is 10.5. The topological polar surface area (TPSA) is 90.0 Å². The van der Waals surface area contributed by atoms with Gasteiger partial charge in [-0.3, -0.25) is 14.5 Å². The Labute approximate surface area is 106 Å². The van der Waals surface area contributed by atoms with Crippen molar-refractivity contribution in [1.29, 1.82) is 0 Å². The van der Waals surface area contributed by atoms with Gasteiger partial charge in [0.25, 0.3) is 5.91 Å². The zero-order valence-corrected chi connectivity index (χ0v) is 10.5. The first-order valence-corrected chi connectivity index (χ1v) is 5.99. The van der Waals surface area contributed by atoms with Crippen LogP contribution in [0.4, 0.5) is 4.79 Å². The lowest BCUT2D eigenvalue weighted by Crippen LogP contribution is -2.41. The van der Waals surface area contributed by atoms with Crippen LogP contribution in [0.1, 0.15) is 19.3 Å². The minimum absolute atomic E-state index is 0.0304. The summed E-state index contributed by atoms with van der Waals surface area (Å²) < 4.78 is 0. The molecular formula is C11H19N3O4. The fourth-order valence-corrected chi connectivity index (χ4v) is 1.67. The molecule has 2 N–H and O–H groups in total. The van der Waals surface area contributed by atoms with Crippen LogP contribution in [-0.2, 0) is 9.59 Å². The second-order valence-electron chi connectivity index (χ2n) is 4.25. The number of aliphatic hydroxyl groups is 1. The predicted molar refractivity (Wildman–Crippen MR) is 63.7 cm³/mol. The Morgan fingerprint density at radius 1 is 1.33 bits per heavy atom. The van der Waals surface area contributed by atoms with Gasteiger partial charge in [0.1, 0.15) is 13.1 Å². The van der Waals surface area contributed by atoms with E-state index in [2.05, 4.69) is 5.32 Å². The van der Waals surface area contributed by atoms with Gasteiger partial charge in [-0.05, 0) is 19.3 Å². The smallest absolute Gasteiger partial charge is 0.327 e. The van der Waals surface area contributed by atoms with Crippen LogP contribution >= 0.6 is 0 Å². The third-order valence-corrected chi connectivity index (χ3v) is 2.69. The zero-order chi connectivity index (χ0) is 13.5. The number of rotatable bonds is 7. The second-order valence-corrected chi connectivity index (χ2v) is 4.25. The number of carbonyl (C=O) groups excluding carboxylic acids is 3. The molecule has 102 valence electrons. The van der Waals surface area contributed by atoms with E-state index in [0.29, 0.717) is 13.0 Å². The molecule has 7 heteroatoms. The van der Waals surface area contributed by atoms with Crippen molar-refractivity contribution in [2.75, 3.05) is 33.3 Å². The van der Waals surface area contributed by atoms with Crippen LogP contribution in [0.2, 0.25) is 0 Å². The third kappa shape index (κ3) is 3.99. The lowest BCUT2D eigenvalue weighted by molar-refractivity contribution is -0.130. The molecule has 1 aliphatic rings. The molecule has 1 rings (SSSR count). The van der Waals surface area contributed by atoms with Crippen LogP contribution in [0.3, 0.4) is 0 Å². The van der Waals surface area contributed by atoms with Crippen molar-refractivity contribution in [3.63, 3.8) is 0 Å². The van der Waals surface area contributed by atoms with Gasteiger partial charge in [-0.2, -0.15) is 0 Å². The molecule has 0 bridgehead atoms. The number of urea groups is 1. The Morgan fingerprint density at radius 3 is 2.61 bits per heavy atom. The number of nitrogens with zero attached hydrogens (tertiary/aromatic N) is 2. The molecule has 0 aromatic heterocycles. The van der Waals surface area contributed by atoms with Crippen molar-refractivity contribution < 1.29 is 19.5 Å². The molecule has 1 aliphatic heterocycles. The van der Waals surface area contributed by atoms with E-state index < -0.39 is 6.03 Å². The summed E-state index contributed by atoms with van der Waals surface area (Å²) in [6.07, 6.45) is 2.32. The molecule has 0 aromatic rings. The van der Waals surface area contributed by atoms with Crippen molar-refractivity contribution in [3.05, 3.63) is 0 Å². The van der Waals surface area contributed by atoms with Crippen LogP contribution in [0, 0.1) is 0 Å². The highest BCUT2D eigenvalue weighted by molar-refractivity contribution is 6.04. The molecule has 0 atom stereocenters. The Bertz CT molecular complexity index is 332. The number of amides is 4. The minimum Gasteiger partial charge on any atom is -0.396 e. The molecule has 1 fully saturated rings. The molecule has 0 aliphatic carbocycles. The number of aliphatic hydroxyl groups excluding tert-OH is 1. The van der Waals surface area contributed by atoms with Gasteiger partial charge in [0, 0.05) is 20.2 Å². The quantitative estimate of drug-likeness (QED) is 0.459. The maximum Gasteiger partial charge on any atom is 0.327 e. The van der Waals surface area contributed by atoms with Gasteiger partial charge in [-0.1, -0.05) is 0 Å². The number of hydrogen-bond acceptors (Lipinski definition) is 4. The largest absolute Gasteiger partial charge is 0.396 e. The first-order valence-electron chi connectivity index (χ1n) is 5.99. The second kappa shape index (κ2) is 6.95. The van der Waals surface area contributed by atoms with Gasteiger partial charge in [-0.25, -0.2) is 4.79 Å². The Morgan fingerprint density at radius 2 is 2.06 bits per heavy atom. The molecule has 0 unspecified atom stereocenters. The van der Waals surface area contributed by atoms with Gasteiger partial charge < -0.3 is 15.3 Å². The molecular weight excluding hydrogens is 238 g/mol. The van der Waals surface area contributed by atoms with E-state index in [1.54, 1.807) is 0 Å². The fraction of sp³-hybridized carbons (Fsp3) is 0.727. The first-order chi connectivity index (χ1) is 8.56. The Hall–Kier alpha value is -1.63. The summed E-state index contributed by atoms with van der Waals surface area (Å²) in [6.45, 7) is 0.451. The van der Waals surface area contributed by atoms with E-state index in [1.807, 2.05) is 0 Å².